The summed E-state index contributed by atoms with van der Waals surface area (Å²) in [6.07, 6.45) is -2.43. The fourth-order valence-corrected chi connectivity index (χ4v) is 2.10. The molecule has 0 aliphatic carbocycles. The number of carbonyl (C=O) groups excluding carboxylic acids is 1. The highest BCUT2D eigenvalue weighted by atomic mass is 127. The van der Waals surface area contributed by atoms with Crippen molar-refractivity contribution in [1.29, 1.82) is 0 Å². The molecule has 0 bridgehead atoms. The van der Waals surface area contributed by atoms with E-state index < -0.39 is 13.0 Å². The third kappa shape index (κ3) is 5.07. The van der Waals surface area contributed by atoms with E-state index in [-0.39, 0.29) is 41.8 Å². The summed E-state index contributed by atoms with van der Waals surface area (Å²) in [6.45, 7) is 2.53. The number of likely N-dealkylation sites (tertiary alicyclic amines) is 1. The van der Waals surface area contributed by atoms with Crippen LogP contribution in [0.1, 0.15) is 6.92 Å². The molecule has 1 heterocycles. The number of alkyl halides is 2. The molecule has 2 unspecified atom stereocenters. The second-order valence-corrected chi connectivity index (χ2v) is 4.33. The van der Waals surface area contributed by atoms with Gasteiger partial charge in [-0.3, -0.25) is 9.79 Å². The van der Waals surface area contributed by atoms with Gasteiger partial charge in [0.05, 0.1) is 19.6 Å². The highest BCUT2D eigenvalue weighted by Gasteiger charge is 2.36. The summed E-state index contributed by atoms with van der Waals surface area (Å²) in [4.78, 5) is 17.3. The van der Waals surface area contributed by atoms with E-state index in [1.807, 2.05) is 6.92 Å². The summed E-state index contributed by atoms with van der Waals surface area (Å²) < 4.78 is 29.0. The number of nitrogens with zero attached hydrogens (tertiary/aromatic N) is 2. The van der Waals surface area contributed by atoms with Crippen LogP contribution in [-0.4, -0.2) is 57.0 Å². The lowest BCUT2D eigenvalue weighted by molar-refractivity contribution is -0.145. The smallest absolute Gasteiger partial charge is 0.310 e. The van der Waals surface area contributed by atoms with Crippen molar-refractivity contribution in [1.82, 2.24) is 10.2 Å². The van der Waals surface area contributed by atoms with Gasteiger partial charge in [-0.2, -0.15) is 0 Å². The van der Waals surface area contributed by atoms with E-state index in [2.05, 4.69) is 10.3 Å². The Morgan fingerprint density at radius 3 is 2.63 bits per heavy atom. The Bertz CT molecular complexity index is 329. The summed E-state index contributed by atoms with van der Waals surface area (Å²) in [5.41, 5.74) is 0. The Kier molecular flexibility index (Phi) is 8.19. The number of hydrogen-bond donors (Lipinski definition) is 1. The molecule has 0 aromatic carbocycles. The summed E-state index contributed by atoms with van der Waals surface area (Å²) in [6, 6.07) is 0. The number of aliphatic imine (C=N–C) groups is 1. The number of carbonyl (C=O) groups is 1. The van der Waals surface area contributed by atoms with E-state index in [9.17, 15) is 13.6 Å². The molecule has 0 saturated carbocycles. The van der Waals surface area contributed by atoms with Crippen LogP contribution in [0, 0.1) is 11.8 Å². The SMILES string of the molecule is CN=C(NCC(F)F)N1CC(C)C(C(=O)OC)C1.I. The monoisotopic (exact) mass is 391 g/mol. The van der Waals surface area contributed by atoms with Crippen molar-refractivity contribution in [2.45, 2.75) is 13.3 Å². The van der Waals surface area contributed by atoms with Crippen molar-refractivity contribution < 1.29 is 18.3 Å². The predicted octanol–water partition coefficient (Wildman–Crippen LogP) is 1.19. The molecule has 1 rings (SSSR count). The second-order valence-electron chi connectivity index (χ2n) is 4.33. The van der Waals surface area contributed by atoms with Crippen molar-refractivity contribution in [3.05, 3.63) is 0 Å². The first-order chi connectivity index (χ1) is 8.49. The van der Waals surface area contributed by atoms with E-state index in [4.69, 9.17) is 4.74 Å². The number of halogens is 3. The molecule has 1 aliphatic rings. The average Bonchev–Trinajstić information content (AvgIpc) is 2.71. The summed E-state index contributed by atoms with van der Waals surface area (Å²) >= 11 is 0. The Hall–Kier alpha value is -0.670. The third-order valence-corrected chi connectivity index (χ3v) is 3.04. The lowest BCUT2D eigenvalue weighted by Gasteiger charge is -2.21. The van der Waals surface area contributed by atoms with Gasteiger partial charge in [0.2, 0.25) is 0 Å². The molecule has 112 valence electrons. The maximum Gasteiger partial charge on any atom is 0.310 e. The minimum Gasteiger partial charge on any atom is -0.469 e. The first kappa shape index (κ1) is 18.3. The third-order valence-electron chi connectivity index (χ3n) is 3.04. The van der Waals surface area contributed by atoms with Gasteiger partial charge in [0.1, 0.15) is 0 Å². The molecule has 19 heavy (non-hydrogen) atoms. The lowest BCUT2D eigenvalue weighted by Crippen LogP contribution is -2.42. The normalized spacial score (nSPS) is 23.3. The van der Waals surface area contributed by atoms with Crippen molar-refractivity contribution >= 4 is 35.9 Å². The number of rotatable bonds is 3. The number of ether oxygens (including phenoxy) is 1. The first-order valence-electron chi connectivity index (χ1n) is 5.81. The Labute approximate surface area is 128 Å². The lowest BCUT2D eigenvalue weighted by atomic mass is 9.99. The minimum atomic E-state index is -2.43. The predicted molar refractivity (Wildman–Crippen MR) is 79.0 cm³/mol. The fraction of sp³-hybridized carbons (Fsp3) is 0.818. The van der Waals surface area contributed by atoms with Crippen LogP contribution in [0.2, 0.25) is 0 Å². The highest BCUT2D eigenvalue weighted by Crippen LogP contribution is 2.23. The standard InChI is InChI=1S/C11H19F2N3O2.HI/c1-7-5-16(6-8(7)10(17)18-3)11(14-2)15-4-9(12)13;/h7-9H,4-6H2,1-3H3,(H,14,15);1H. The van der Waals surface area contributed by atoms with Gasteiger partial charge in [0.15, 0.2) is 5.96 Å². The molecule has 1 fully saturated rings. The molecule has 0 radical (unpaired) electrons. The van der Waals surface area contributed by atoms with Gasteiger partial charge in [0.25, 0.3) is 6.43 Å². The molecule has 1 aliphatic heterocycles. The number of methoxy groups -OCH3 is 1. The minimum absolute atomic E-state index is 0. The van der Waals surface area contributed by atoms with Crippen molar-refractivity contribution in [2.24, 2.45) is 16.8 Å². The van der Waals surface area contributed by atoms with Crippen LogP contribution in [0.4, 0.5) is 8.78 Å². The molecule has 0 amide bonds. The van der Waals surface area contributed by atoms with Crippen molar-refractivity contribution in [3.63, 3.8) is 0 Å². The molecule has 5 nitrogen and oxygen atoms in total. The number of guanidine groups is 1. The van der Waals surface area contributed by atoms with Gasteiger partial charge in [-0.1, -0.05) is 6.92 Å². The van der Waals surface area contributed by atoms with Crippen LogP contribution in [0.15, 0.2) is 4.99 Å². The zero-order valence-electron chi connectivity index (χ0n) is 11.2. The van der Waals surface area contributed by atoms with Crippen LogP contribution in [-0.2, 0) is 9.53 Å². The van der Waals surface area contributed by atoms with E-state index >= 15 is 0 Å². The Morgan fingerprint density at radius 1 is 1.53 bits per heavy atom. The van der Waals surface area contributed by atoms with Gasteiger partial charge in [0, 0.05) is 20.1 Å². The van der Waals surface area contributed by atoms with Gasteiger partial charge in [-0.15, -0.1) is 24.0 Å². The van der Waals surface area contributed by atoms with Crippen LogP contribution < -0.4 is 5.32 Å². The quantitative estimate of drug-likeness (QED) is 0.340. The topological polar surface area (TPSA) is 53.9 Å². The summed E-state index contributed by atoms with van der Waals surface area (Å²) in [5.74, 6) is 0.00511. The second kappa shape index (κ2) is 8.49. The Morgan fingerprint density at radius 2 is 2.16 bits per heavy atom. The largest absolute Gasteiger partial charge is 0.469 e. The van der Waals surface area contributed by atoms with E-state index in [0.29, 0.717) is 19.0 Å². The fourth-order valence-electron chi connectivity index (χ4n) is 2.10. The zero-order chi connectivity index (χ0) is 13.7. The molecular formula is C11H20F2IN3O2. The molecule has 2 atom stereocenters. The Balaban J connectivity index is 0.00000324. The van der Waals surface area contributed by atoms with E-state index in [0.717, 1.165) is 0 Å². The van der Waals surface area contributed by atoms with Crippen LogP contribution in [0.5, 0.6) is 0 Å². The van der Waals surface area contributed by atoms with Crippen LogP contribution in [0.3, 0.4) is 0 Å². The molecule has 0 aromatic heterocycles. The maximum absolute atomic E-state index is 12.1. The molecule has 1 N–H and O–H groups in total. The number of esters is 1. The van der Waals surface area contributed by atoms with Crippen LogP contribution in [0.25, 0.3) is 0 Å². The average molecular weight is 391 g/mol. The molecular weight excluding hydrogens is 371 g/mol. The first-order valence-corrected chi connectivity index (χ1v) is 5.81. The van der Waals surface area contributed by atoms with Gasteiger partial charge in [-0.05, 0) is 5.92 Å². The van der Waals surface area contributed by atoms with Crippen molar-refractivity contribution in [2.75, 3.05) is 33.8 Å². The molecule has 8 heteroatoms. The molecule has 0 spiro atoms. The maximum atomic E-state index is 12.1. The van der Waals surface area contributed by atoms with Gasteiger partial charge < -0.3 is 15.0 Å². The van der Waals surface area contributed by atoms with Crippen LogP contribution >= 0.6 is 24.0 Å². The van der Waals surface area contributed by atoms with E-state index in [1.54, 1.807) is 4.90 Å². The summed E-state index contributed by atoms with van der Waals surface area (Å²) in [5, 5.41) is 2.58. The summed E-state index contributed by atoms with van der Waals surface area (Å²) in [7, 11) is 2.88. The van der Waals surface area contributed by atoms with Crippen molar-refractivity contribution in [3.8, 4) is 0 Å². The van der Waals surface area contributed by atoms with Gasteiger partial charge in [-0.25, -0.2) is 8.78 Å². The highest BCUT2D eigenvalue weighted by molar-refractivity contribution is 14.0. The number of nitrogens with one attached hydrogen (secondary N) is 1. The zero-order valence-corrected chi connectivity index (χ0v) is 13.6. The van der Waals surface area contributed by atoms with Gasteiger partial charge >= 0.3 is 5.97 Å². The van der Waals surface area contributed by atoms with E-state index in [1.165, 1.54) is 14.2 Å². The number of hydrogen-bond acceptors (Lipinski definition) is 3. The molecule has 0 aromatic rings. The molecule has 1 saturated heterocycles.